The van der Waals surface area contributed by atoms with Crippen molar-refractivity contribution in [2.75, 3.05) is 11.9 Å². The SMILES string of the molecule is C=CCNc1cccnc1C(=O)O. The van der Waals surface area contributed by atoms with Crippen LogP contribution in [0.2, 0.25) is 0 Å². The van der Waals surface area contributed by atoms with Gasteiger partial charge in [-0.15, -0.1) is 6.58 Å². The lowest BCUT2D eigenvalue weighted by Gasteiger charge is -2.05. The number of anilines is 1. The molecule has 68 valence electrons. The van der Waals surface area contributed by atoms with Crippen LogP contribution in [0.4, 0.5) is 5.69 Å². The maximum atomic E-state index is 10.7. The van der Waals surface area contributed by atoms with Crippen LogP contribution in [0.3, 0.4) is 0 Å². The standard InChI is InChI=1S/C9H10N2O2/c1-2-5-10-7-4-3-6-11-8(7)9(12)13/h2-4,6,10H,1,5H2,(H,12,13). The second kappa shape index (κ2) is 4.25. The minimum Gasteiger partial charge on any atom is -0.476 e. The zero-order valence-corrected chi connectivity index (χ0v) is 7.03. The number of carboxylic acids is 1. The fraction of sp³-hybridized carbons (Fsp3) is 0.111. The summed E-state index contributed by atoms with van der Waals surface area (Å²) in [6, 6.07) is 3.35. The first-order chi connectivity index (χ1) is 6.25. The maximum absolute atomic E-state index is 10.7. The Balaban J connectivity index is 2.90. The first-order valence-electron chi connectivity index (χ1n) is 3.78. The van der Waals surface area contributed by atoms with E-state index in [0.717, 1.165) is 0 Å². The van der Waals surface area contributed by atoms with Gasteiger partial charge in [0.2, 0.25) is 0 Å². The highest BCUT2D eigenvalue weighted by atomic mass is 16.4. The third-order valence-electron chi connectivity index (χ3n) is 1.45. The molecule has 0 atom stereocenters. The van der Waals surface area contributed by atoms with Gasteiger partial charge in [-0.2, -0.15) is 0 Å². The Hall–Kier alpha value is -1.84. The average molecular weight is 178 g/mol. The monoisotopic (exact) mass is 178 g/mol. The van der Waals surface area contributed by atoms with E-state index in [1.807, 2.05) is 0 Å². The summed E-state index contributed by atoms with van der Waals surface area (Å²) in [5.41, 5.74) is 0.541. The summed E-state index contributed by atoms with van der Waals surface area (Å²) in [5.74, 6) is -1.04. The summed E-state index contributed by atoms with van der Waals surface area (Å²) in [6.07, 6.45) is 3.10. The number of carbonyl (C=O) groups is 1. The van der Waals surface area contributed by atoms with Crippen molar-refractivity contribution in [3.05, 3.63) is 36.7 Å². The largest absolute Gasteiger partial charge is 0.476 e. The van der Waals surface area contributed by atoms with Crippen molar-refractivity contribution in [1.82, 2.24) is 4.98 Å². The molecule has 1 aromatic rings. The minimum absolute atomic E-state index is 0.0318. The summed E-state index contributed by atoms with van der Waals surface area (Å²) in [7, 11) is 0. The first-order valence-corrected chi connectivity index (χ1v) is 3.78. The molecule has 0 unspecified atom stereocenters. The summed E-state index contributed by atoms with van der Waals surface area (Å²) >= 11 is 0. The molecule has 0 aliphatic rings. The van der Waals surface area contributed by atoms with Crippen molar-refractivity contribution in [3.8, 4) is 0 Å². The van der Waals surface area contributed by atoms with E-state index in [1.165, 1.54) is 6.20 Å². The van der Waals surface area contributed by atoms with Crippen LogP contribution in [0.25, 0.3) is 0 Å². The molecule has 0 aliphatic heterocycles. The fourth-order valence-electron chi connectivity index (χ4n) is 0.901. The lowest BCUT2D eigenvalue weighted by Crippen LogP contribution is -2.07. The maximum Gasteiger partial charge on any atom is 0.356 e. The van der Waals surface area contributed by atoms with Gasteiger partial charge in [-0.25, -0.2) is 9.78 Å². The van der Waals surface area contributed by atoms with Crippen molar-refractivity contribution in [1.29, 1.82) is 0 Å². The molecule has 0 spiro atoms. The number of aromatic carboxylic acids is 1. The Labute approximate surface area is 75.9 Å². The van der Waals surface area contributed by atoms with Crippen LogP contribution in [-0.4, -0.2) is 22.6 Å². The molecule has 0 saturated heterocycles. The van der Waals surface area contributed by atoms with Crippen LogP contribution in [-0.2, 0) is 0 Å². The zero-order valence-electron chi connectivity index (χ0n) is 7.03. The van der Waals surface area contributed by atoms with Gasteiger partial charge in [0.15, 0.2) is 5.69 Å². The minimum atomic E-state index is -1.04. The van der Waals surface area contributed by atoms with Gasteiger partial charge in [0, 0.05) is 12.7 Å². The van der Waals surface area contributed by atoms with E-state index in [0.29, 0.717) is 12.2 Å². The quantitative estimate of drug-likeness (QED) is 0.683. The second-order valence-corrected chi connectivity index (χ2v) is 2.37. The number of nitrogens with one attached hydrogen (secondary N) is 1. The molecule has 0 fully saturated rings. The highest BCUT2D eigenvalue weighted by Crippen LogP contribution is 2.10. The van der Waals surface area contributed by atoms with E-state index < -0.39 is 5.97 Å². The summed E-state index contributed by atoms with van der Waals surface area (Å²) in [4.78, 5) is 14.4. The van der Waals surface area contributed by atoms with Crippen molar-refractivity contribution in [2.45, 2.75) is 0 Å². The third kappa shape index (κ3) is 2.30. The Kier molecular flexibility index (Phi) is 3.03. The zero-order chi connectivity index (χ0) is 9.68. The molecular weight excluding hydrogens is 168 g/mol. The van der Waals surface area contributed by atoms with Crippen LogP contribution in [0, 0.1) is 0 Å². The molecule has 13 heavy (non-hydrogen) atoms. The topological polar surface area (TPSA) is 62.2 Å². The highest BCUT2D eigenvalue weighted by Gasteiger charge is 2.09. The Morgan fingerprint density at radius 2 is 2.54 bits per heavy atom. The van der Waals surface area contributed by atoms with Gasteiger partial charge in [-0.1, -0.05) is 6.08 Å². The highest BCUT2D eigenvalue weighted by molar-refractivity contribution is 5.91. The lowest BCUT2D eigenvalue weighted by atomic mass is 10.3. The molecule has 1 rings (SSSR count). The molecule has 0 bridgehead atoms. The van der Waals surface area contributed by atoms with Crippen LogP contribution < -0.4 is 5.32 Å². The van der Waals surface area contributed by atoms with E-state index in [1.54, 1.807) is 18.2 Å². The molecule has 0 aromatic carbocycles. The van der Waals surface area contributed by atoms with Gasteiger partial charge in [-0.05, 0) is 12.1 Å². The van der Waals surface area contributed by atoms with Gasteiger partial charge < -0.3 is 10.4 Å². The van der Waals surface area contributed by atoms with E-state index in [-0.39, 0.29) is 5.69 Å². The van der Waals surface area contributed by atoms with Gasteiger partial charge in [0.1, 0.15) is 0 Å². The number of aromatic nitrogens is 1. The van der Waals surface area contributed by atoms with Crippen LogP contribution in [0.1, 0.15) is 10.5 Å². The number of pyridine rings is 1. The summed E-state index contributed by atoms with van der Waals surface area (Å²) in [5, 5.41) is 11.6. The number of nitrogens with zero attached hydrogens (tertiary/aromatic N) is 1. The molecule has 0 amide bonds. The molecule has 1 aromatic heterocycles. The number of hydrogen-bond acceptors (Lipinski definition) is 3. The molecule has 0 aliphatic carbocycles. The molecule has 0 radical (unpaired) electrons. The van der Waals surface area contributed by atoms with Crippen molar-refractivity contribution < 1.29 is 9.90 Å². The molecule has 4 heteroatoms. The molecular formula is C9H10N2O2. The van der Waals surface area contributed by atoms with E-state index in [2.05, 4.69) is 16.9 Å². The molecule has 0 saturated carbocycles. The van der Waals surface area contributed by atoms with Crippen LogP contribution >= 0.6 is 0 Å². The Morgan fingerprint density at radius 1 is 1.77 bits per heavy atom. The van der Waals surface area contributed by atoms with E-state index >= 15 is 0 Å². The van der Waals surface area contributed by atoms with Gasteiger partial charge >= 0.3 is 5.97 Å². The lowest BCUT2D eigenvalue weighted by molar-refractivity contribution is 0.0691. The van der Waals surface area contributed by atoms with Gasteiger partial charge in [-0.3, -0.25) is 0 Å². The number of rotatable bonds is 4. The summed E-state index contributed by atoms with van der Waals surface area (Å²) < 4.78 is 0. The normalized spacial score (nSPS) is 9.23. The van der Waals surface area contributed by atoms with Gasteiger partial charge in [0.05, 0.1) is 5.69 Å². The molecule has 2 N–H and O–H groups in total. The van der Waals surface area contributed by atoms with Crippen molar-refractivity contribution in [2.24, 2.45) is 0 Å². The average Bonchev–Trinajstić information content (AvgIpc) is 2.15. The van der Waals surface area contributed by atoms with E-state index in [9.17, 15) is 4.79 Å². The van der Waals surface area contributed by atoms with Crippen molar-refractivity contribution in [3.63, 3.8) is 0 Å². The smallest absolute Gasteiger partial charge is 0.356 e. The molecule has 4 nitrogen and oxygen atoms in total. The molecule has 1 heterocycles. The third-order valence-corrected chi connectivity index (χ3v) is 1.45. The van der Waals surface area contributed by atoms with Crippen LogP contribution in [0.5, 0.6) is 0 Å². The van der Waals surface area contributed by atoms with Gasteiger partial charge in [0.25, 0.3) is 0 Å². The Morgan fingerprint density at radius 3 is 3.15 bits per heavy atom. The van der Waals surface area contributed by atoms with E-state index in [4.69, 9.17) is 5.11 Å². The second-order valence-electron chi connectivity index (χ2n) is 2.37. The summed E-state index contributed by atoms with van der Waals surface area (Å²) in [6.45, 7) is 4.04. The van der Waals surface area contributed by atoms with Crippen molar-refractivity contribution >= 4 is 11.7 Å². The first kappa shape index (κ1) is 9.25. The van der Waals surface area contributed by atoms with Crippen LogP contribution in [0.15, 0.2) is 31.0 Å². The predicted molar refractivity (Wildman–Crippen MR) is 49.9 cm³/mol. The fourth-order valence-corrected chi connectivity index (χ4v) is 0.901. The number of hydrogen-bond donors (Lipinski definition) is 2. The predicted octanol–water partition coefficient (Wildman–Crippen LogP) is 1.38. The number of carboxylic acid groups (broad SMARTS) is 1. The Bertz CT molecular complexity index is 323.